The van der Waals surface area contributed by atoms with Gasteiger partial charge in [-0.1, -0.05) is 55.8 Å². The van der Waals surface area contributed by atoms with Gasteiger partial charge >= 0.3 is 0 Å². The van der Waals surface area contributed by atoms with Crippen LogP contribution in [0.3, 0.4) is 0 Å². The van der Waals surface area contributed by atoms with E-state index in [-0.39, 0.29) is 11.9 Å². The largest absolute Gasteiger partial charge is 0.309 e. The molecular weight excluding hydrogens is 261 g/mol. The van der Waals surface area contributed by atoms with Gasteiger partial charge in [0, 0.05) is 5.56 Å². The average molecular weight is 285 g/mol. The number of hydrogen-bond donors (Lipinski definition) is 1. The van der Waals surface area contributed by atoms with E-state index in [1.807, 2.05) is 20.0 Å². The molecule has 0 saturated carbocycles. The molecular formula is C19H24FN. The van der Waals surface area contributed by atoms with Gasteiger partial charge in [-0.05, 0) is 43.5 Å². The summed E-state index contributed by atoms with van der Waals surface area (Å²) >= 11 is 0. The van der Waals surface area contributed by atoms with Gasteiger partial charge in [-0.15, -0.1) is 0 Å². The zero-order valence-electron chi connectivity index (χ0n) is 13.3. The van der Waals surface area contributed by atoms with Crippen LogP contribution in [0.5, 0.6) is 0 Å². The first kappa shape index (κ1) is 15.7. The first-order chi connectivity index (χ1) is 10.1. The first-order valence-corrected chi connectivity index (χ1v) is 7.60. The van der Waals surface area contributed by atoms with E-state index >= 15 is 0 Å². The van der Waals surface area contributed by atoms with E-state index in [2.05, 4.69) is 43.4 Å². The Morgan fingerprint density at radius 2 is 1.67 bits per heavy atom. The molecule has 2 rings (SSSR count). The third-order valence-electron chi connectivity index (χ3n) is 4.20. The van der Waals surface area contributed by atoms with Gasteiger partial charge in [0.2, 0.25) is 0 Å². The predicted molar refractivity (Wildman–Crippen MR) is 87.2 cm³/mol. The fraction of sp³-hybridized carbons (Fsp3) is 0.368. The number of benzene rings is 2. The van der Waals surface area contributed by atoms with Gasteiger partial charge < -0.3 is 5.32 Å². The van der Waals surface area contributed by atoms with Crippen molar-refractivity contribution in [2.24, 2.45) is 0 Å². The molecule has 1 nitrogen and oxygen atoms in total. The second-order valence-corrected chi connectivity index (χ2v) is 5.72. The summed E-state index contributed by atoms with van der Waals surface area (Å²) in [6.07, 6.45) is 1.13. The first-order valence-electron chi connectivity index (χ1n) is 7.60. The predicted octanol–water partition coefficient (Wildman–Crippen LogP) is 4.96. The second-order valence-electron chi connectivity index (χ2n) is 5.72. The van der Waals surface area contributed by atoms with Crippen LogP contribution in [0.15, 0.2) is 42.5 Å². The van der Waals surface area contributed by atoms with Crippen LogP contribution in [0.4, 0.5) is 4.39 Å². The Kier molecular flexibility index (Phi) is 5.13. The molecule has 1 N–H and O–H groups in total. The monoisotopic (exact) mass is 285 g/mol. The van der Waals surface area contributed by atoms with E-state index < -0.39 is 0 Å². The van der Waals surface area contributed by atoms with Crippen LogP contribution in [-0.2, 0) is 0 Å². The number of nitrogens with one attached hydrogen (secondary N) is 1. The summed E-state index contributed by atoms with van der Waals surface area (Å²) in [5.74, 6) is 0.397. The van der Waals surface area contributed by atoms with Crippen LogP contribution in [0.1, 0.15) is 54.5 Å². The molecule has 0 spiro atoms. The highest BCUT2D eigenvalue weighted by Gasteiger charge is 2.16. The second kappa shape index (κ2) is 6.86. The third-order valence-corrected chi connectivity index (χ3v) is 4.20. The van der Waals surface area contributed by atoms with Gasteiger partial charge in [0.1, 0.15) is 5.82 Å². The van der Waals surface area contributed by atoms with E-state index in [4.69, 9.17) is 0 Å². The number of rotatable bonds is 5. The Morgan fingerprint density at radius 1 is 1.05 bits per heavy atom. The molecule has 0 fully saturated rings. The molecule has 2 atom stereocenters. The molecule has 0 aromatic heterocycles. The van der Waals surface area contributed by atoms with Gasteiger partial charge in [-0.25, -0.2) is 4.39 Å². The Balaban J connectivity index is 2.35. The minimum absolute atomic E-state index is 0.115. The van der Waals surface area contributed by atoms with Crippen molar-refractivity contribution in [2.45, 2.75) is 39.2 Å². The summed E-state index contributed by atoms with van der Waals surface area (Å²) in [7, 11) is 1.87. The molecule has 0 aliphatic rings. The maximum absolute atomic E-state index is 14.1. The lowest BCUT2D eigenvalue weighted by atomic mass is 9.93. The molecule has 2 aromatic carbocycles. The lowest BCUT2D eigenvalue weighted by molar-refractivity contribution is 0.575. The van der Waals surface area contributed by atoms with Gasteiger partial charge in [-0.2, -0.15) is 0 Å². The van der Waals surface area contributed by atoms with E-state index in [0.717, 1.165) is 17.5 Å². The molecule has 2 unspecified atom stereocenters. The standard InChI is InChI=1S/C19H24FN/c1-5-14(3)15-7-9-16(10-8-15)19(21-4)17-12-13(2)6-11-18(17)20/h6-12,14,19,21H,5H2,1-4H3. The minimum Gasteiger partial charge on any atom is -0.309 e. The molecule has 2 aromatic rings. The third kappa shape index (κ3) is 3.51. The van der Waals surface area contributed by atoms with Crippen molar-refractivity contribution in [3.05, 3.63) is 70.5 Å². The molecule has 112 valence electrons. The van der Waals surface area contributed by atoms with E-state index in [1.54, 1.807) is 12.1 Å². The van der Waals surface area contributed by atoms with Gasteiger partial charge in [-0.3, -0.25) is 0 Å². The maximum atomic E-state index is 14.1. The summed E-state index contributed by atoms with van der Waals surface area (Å²) < 4.78 is 14.1. The molecule has 0 saturated heterocycles. The van der Waals surface area contributed by atoms with Crippen LogP contribution in [0, 0.1) is 12.7 Å². The summed E-state index contributed by atoms with van der Waals surface area (Å²) in [6.45, 7) is 6.41. The van der Waals surface area contributed by atoms with E-state index in [9.17, 15) is 4.39 Å². The average Bonchev–Trinajstić information content (AvgIpc) is 2.51. The Labute approximate surface area is 127 Å². The molecule has 0 heterocycles. The molecule has 0 bridgehead atoms. The maximum Gasteiger partial charge on any atom is 0.128 e. The Bertz CT molecular complexity index is 589. The van der Waals surface area contributed by atoms with E-state index in [1.165, 1.54) is 5.56 Å². The fourth-order valence-corrected chi connectivity index (χ4v) is 2.64. The van der Waals surface area contributed by atoms with Crippen molar-refractivity contribution in [3.8, 4) is 0 Å². The van der Waals surface area contributed by atoms with E-state index in [0.29, 0.717) is 11.5 Å². The zero-order chi connectivity index (χ0) is 15.4. The lowest BCUT2D eigenvalue weighted by Crippen LogP contribution is -2.19. The van der Waals surface area contributed by atoms with Crippen molar-refractivity contribution in [1.29, 1.82) is 0 Å². The molecule has 0 amide bonds. The summed E-state index contributed by atoms with van der Waals surface area (Å²) in [5, 5.41) is 3.23. The number of halogens is 1. The quantitative estimate of drug-likeness (QED) is 0.819. The highest BCUT2D eigenvalue weighted by Crippen LogP contribution is 2.27. The smallest absolute Gasteiger partial charge is 0.128 e. The summed E-state index contributed by atoms with van der Waals surface area (Å²) in [5.41, 5.74) is 4.20. The SMILES string of the molecule is CCC(C)c1ccc(C(NC)c2cc(C)ccc2F)cc1. The lowest BCUT2D eigenvalue weighted by Gasteiger charge is -2.19. The number of hydrogen-bond acceptors (Lipinski definition) is 1. The van der Waals surface area contributed by atoms with Crippen molar-refractivity contribution < 1.29 is 4.39 Å². The van der Waals surface area contributed by atoms with Crippen LogP contribution in [0.25, 0.3) is 0 Å². The van der Waals surface area contributed by atoms with Crippen molar-refractivity contribution >= 4 is 0 Å². The van der Waals surface area contributed by atoms with Gasteiger partial charge in [0.15, 0.2) is 0 Å². The molecule has 0 aliphatic carbocycles. The molecule has 0 aliphatic heterocycles. The van der Waals surface area contributed by atoms with Crippen molar-refractivity contribution in [1.82, 2.24) is 5.32 Å². The van der Waals surface area contributed by atoms with Crippen LogP contribution < -0.4 is 5.32 Å². The molecule has 0 radical (unpaired) electrons. The highest BCUT2D eigenvalue weighted by atomic mass is 19.1. The van der Waals surface area contributed by atoms with Crippen LogP contribution in [-0.4, -0.2) is 7.05 Å². The topological polar surface area (TPSA) is 12.0 Å². The summed E-state index contributed by atoms with van der Waals surface area (Å²) in [6, 6.07) is 13.7. The normalized spacial score (nSPS) is 14.0. The highest BCUT2D eigenvalue weighted by molar-refractivity contribution is 5.36. The molecule has 21 heavy (non-hydrogen) atoms. The van der Waals surface area contributed by atoms with Crippen LogP contribution >= 0.6 is 0 Å². The van der Waals surface area contributed by atoms with Crippen molar-refractivity contribution in [2.75, 3.05) is 7.05 Å². The fourth-order valence-electron chi connectivity index (χ4n) is 2.64. The Hall–Kier alpha value is -1.67. The Morgan fingerprint density at radius 3 is 2.24 bits per heavy atom. The molecule has 2 heteroatoms. The van der Waals surface area contributed by atoms with Crippen LogP contribution in [0.2, 0.25) is 0 Å². The van der Waals surface area contributed by atoms with Gasteiger partial charge in [0.05, 0.1) is 6.04 Å². The zero-order valence-corrected chi connectivity index (χ0v) is 13.3. The summed E-state index contributed by atoms with van der Waals surface area (Å²) in [4.78, 5) is 0. The van der Waals surface area contributed by atoms with Gasteiger partial charge in [0.25, 0.3) is 0 Å². The number of aryl methyl sites for hydroxylation is 1. The van der Waals surface area contributed by atoms with Crippen molar-refractivity contribution in [3.63, 3.8) is 0 Å². The minimum atomic E-state index is -0.161.